The molecule has 0 aliphatic heterocycles. The molecule has 0 spiro atoms. The van der Waals surface area contributed by atoms with Gasteiger partial charge in [0, 0.05) is 13.6 Å². The maximum atomic E-state index is 11.5. The highest BCUT2D eigenvalue weighted by atomic mass is 16.6. The molecule has 0 fully saturated rings. The molecule has 1 amide bonds. The fraction of sp³-hybridized carbons (Fsp3) is 0.917. The van der Waals surface area contributed by atoms with E-state index in [4.69, 9.17) is 4.74 Å². The van der Waals surface area contributed by atoms with Crippen molar-refractivity contribution in [1.82, 2.24) is 4.90 Å². The normalized spacial score (nSPS) is 11.3. The molecule has 15 heavy (non-hydrogen) atoms. The van der Waals surface area contributed by atoms with E-state index in [1.807, 2.05) is 0 Å². The zero-order chi connectivity index (χ0) is 11.9. The van der Waals surface area contributed by atoms with E-state index < -0.39 is 0 Å². The van der Waals surface area contributed by atoms with Gasteiger partial charge in [-0.05, 0) is 11.8 Å². The van der Waals surface area contributed by atoms with Gasteiger partial charge in [-0.15, -0.1) is 0 Å². The first-order valence-electron chi connectivity index (χ1n) is 5.74. The van der Waals surface area contributed by atoms with Crippen LogP contribution in [-0.2, 0) is 4.74 Å². The summed E-state index contributed by atoms with van der Waals surface area (Å²) in [5.41, 5.74) is 0.0416. The SMILES string of the molecule is CCCCCN(C)C(=O)OCC(C)(C)C. The second kappa shape index (κ2) is 6.70. The van der Waals surface area contributed by atoms with Crippen LogP contribution in [0.15, 0.2) is 0 Å². The van der Waals surface area contributed by atoms with Crippen LogP contribution in [0.1, 0.15) is 47.0 Å². The van der Waals surface area contributed by atoms with Gasteiger partial charge in [-0.3, -0.25) is 0 Å². The highest BCUT2D eigenvalue weighted by molar-refractivity contribution is 5.67. The van der Waals surface area contributed by atoms with Crippen LogP contribution < -0.4 is 0 Å². The molecule has 0 saturated carbocycles. The van der Waals surface area contributed by atoms with E-state index in [1.54, 1.807) is 11.9 Å². The van der Waals surface area contributed by atoms with Gasteiger partial charge in [0.25, 0.3) is 0 Å². The summed E-state index contributed by atoms with van der Waals surface area (Å²) >= 11 is 0. The molecule has 90 valence electrons. The molecule has 0 radical (unpaired) electrons. The van der Waals surface area contributed by atoms with Crippen LogP contribution in [0, 0.1) is 5.41 Å². The van der Waals surface area contributed by atoms with Crippen molar-refractivity contribution < 1.29 is 9.53 Å². The Balaban J connectivity index is 3.70. The van der Waals surface area contributed by atoms with Gasteiger partial charge in [-0.25, -0.2) is 4.79 Å². The van der Waals surface area contributed by atoms with Crippen molar-refractivity contribution in [2.45, 2.75) is 47.0 Å². The minimum atomic E-state index is -0.207. The van der Waals surface area contributed by atoms with Gasteiger partial charge in [0.05, 0.1) is 6.61 Å². The summed E-state index contributed by atoms with van der Waals surface area (Å²) in [5.74, 6) is 0. The Labute approximate surface area is 93.8 Å². The average molecular weight is 215 g/mol. The van der Waals surface area contributed by atoms with Gasteiger partial charge >= 0.3 is 6.09 Å². The summed E-state index contributed by atoms with van der Waals surface area (Å²) in [4.78, 5) is 13.1. The highest BCUT2D eigenvalue weighted by Gasteiger charge is 2.15. The quantitative estimate of drug-likeness (QED) is 0.659. The lowest BCUT2D eigenvalue weighted by Crippen LogP contribution is -2.31. The van der Waals surface area contributed by atoms with Crippen molar-refractivity contribution in [3.63, 3.8) is 0 Å². The van der Waals surface area contributed by atoms with Gasteiger partial charge in [-0.2, -0.15) is 0 Å². The number of hydrogen-bond acceptors (Lipinski definition) is 2. The monoisotopic (exact) mass is 215 g/mol. The summed E-state index contributed by atoms with van der Waals surface area (Å²) in [6, 6.07) is 0. The summed E-state index contributed by atoms with van der Waals surface area (Å²) in [6.45, 7) is 9.57. The molecule has 0 aromatic carbocycles. The highest BCUT2D eigenvalue weighted by Crippen LogP contribution is 2.13. The molecule has 0 aromatic heterocycles. The van der Waals surface area contributed by atoms with E-state index in [1.165, 1.54) is 6.42 Å². The van der Waals surface area contributed by atoms with Crippen LogP contribution >= 0.6 is 0 Å². The Kier molecular flexibility index (Phi) is 6.37. The molecule has 0 saturated heterocycles. The molecular weight excluding hydrogens is 190 g/mol. The molecule has 0 bridgehead atoms. The lowest BCUT2D eigenvalue weighted by molar-refractivity contribution is 0.0783. The third-order valence-electron chi connectivity index (χ3n) is 2.04. The Bertz CT molecular complexity index is 185. The van der Waals surface area contributed by atoms with Crippen molar-refractivity contribution in [1.29, 1.82) is 0 Å². The number of carbonyl (C=O) groups is 1. The topological polar surface area (TPSA) is 29.5 Å². The Hall–Kier alpha value is -0.730. The van der Waals surface area contributed by atoms with Crippen LogP contribution in [0.4, 0.5) is 4.79 Å². The molecule has 3 heteroatoms. The van der Waals surface area contributed by atoms with Gasteiger partial charge in [0.1, 0.15) is 0 Å². The van der Waals surface area contributed by atoms with Crippen molar-refractivity contribution in [3.05, 3.63) is 0 Å². The van der Waals surface area contributed by atoms with Gasteiger partial charge in [0.15, 0.2) is 0 Å². The predicted molar refractivity (Wildman–Crippen MR) is 63.0 cm³/mol. The Morgan fingerprint density at radius 2 is 1.87 bits per heavy atom. The summed E-state index contributed by atoms with van der Waals surface area (Å²) in [7, 11) is 1.79. The molecular formula is C12H25NO2. The zero-order valence-corrected chi connectivity index (χ0v) is 10.8. The van der Waals surface area contributed by atoms with Crippen molar-refractivity contribution in [2.24, 2.45) is 5.41 Å². The number of ether oxygens (including phenoxy) is 1. The lowest BCUT2D eigenvalue weighted by atomic mass is 9.99. The first-order chi connectivity index (χ1) is 6.87. The molecule has 0 atom stereocenters. The fourth-order valence-corrected chi connectivity index (χ4v) is 1.08. The van der Waals surface area contributed by atoms with E-state index in [-0.39, 0.29) is 11.5 Å². The molecule has 0 N–H and O–H groups in total. The van der Waals surface area contributed by atoms with E-state index in [0.717, 1.165) is 19.4 Å². The zero-order valence-electron chi connectivity index (χ0n) is 10.8. The van der Waals surface area contributed by atoms with Gasteiger partial charge < -0.3 is 9.64 Å². The molecule has 0 heterocycles. The number of unbranched alkanes of at least 4 members (excludes halogenated alkanes) is 2. The molecule has 0 rings (SSSR count). The standard InChI is InChI=1S/C12H25NO2/c1-6-7-8-9-13(5)11(14)15-10-12(2,3)4/h6-10H2,1-5H3. The number of hydrogen-bond donors (Lipinski definition) is 0. The fourth-order valence-electron chi connectivity index (χ4n) is 1.08. The van der Waals surface area contributed by atoms with Crippen LogP contribution in [0.25, 0.3) is 0 Å². The van der Waals surface area contributed by atoms with Crippen molar-refractivity contribution in [2.75, 3.05) is 20.2 Å². The molecule has 0 aromatic rings. The van der Waals surface area contributed by atoms with Crippen LogP contribution in [-0.4, -0.2) is 31.2 Å². The largest absolute Gasteiger partial charge is 0.449 e. The first kappa shape index (κ1) is 14.3. The second-order valence-corrected chi connectivity index (χ2v) is 5.24. The molecule has 3 nitrogen and oxygen atoms in total. The van der Waals surface area contributed by atoms with E-state index in [0.29, 0.717) is 6.61 Å². The number of nitrogens with zero attached hydrogens (tertiary/aromatic N) is 1. The number of rotatable bonds is 5. The van der Waals surface area contributed by atoms with Crippen LogP contribution in [0.2, 0.25) is 0 Å². The number of amides is 1. The van der Waals surface area contributed by atoms with Crippen molar-refractivity contribution >= 4 is 6.09 Å². The smallest absolute Gasteiger partial charge is 0.409 e. The predicted octanol–water partition coefficient (Wildman–Crippen LogP) is 3.29. The minimum Gasteiger partial charge on any atom is -0.449 e. The lowest BCUT2D eigenvalue weighted by Gasteiger charge is -2.21. The third kappa shape index (κ3) is 8.28. The van der Waals surface area contributed by atoms with E-state index in [2.05, 4.69) is 27.7 Å². The summed E-state index contributed by atoms with van der Waals surface area (Å²) in [5, 5.41) is 0. The second-order valence-electron chi connectivity index (χ2n) is 5.24. The summed E-state index contributed by atoms with van der Waals surface area (Å²) < 4.78 is 5.19. The van der Waals surface area contributed by atoms with Gasteiger partial charge in [-0.1, -0.05) is 40.5 Å². The third-order valence-corrected chi connectivity index (χ3v) is 2.04. The van der Waals surface area contributed by atoms with E-state index in [9.17, 15) is 4.79 Å². The molecule has 0 unspecified atom stereocenters. The van der Waals surface area contributed by atoms with Crippen LogP contribution in [0.5, 0.6) is 0 Å². The number of carbonyl (C=O) groups excluding carboxylic acids is 1. The molecule has 0 aliphatic carbocycles. The van der Waals surface area contributed by atoms with Crippen molar-refractivity contribution in [3.8, 4) is 0 Å². The maximum absolute atomic E-state index is 11.5. The first-order valence-corrected chi connectivity index (χ1v) is 5.74. The summed E-state index contributed by atoms with van der Waals surface area (Å²) in [6.07, 6.45) is 3.18. The van der Waals surface area contributed by atoms with Crippen LogP contribution in [0.3, 0.4) is 0 Å². The Morgan fingerprint density at radius 3 is 2.33 bits per heavy atom. The molecule has 0 aliphatic rings. The Morgan fingerprint density at radius 1 is 1.27 bits per heavy atom. The van der Waals surface area contributed by atoms with E-state index >= 15 is 0 Å². The van der Waals surface area contributed by atoms with Gasteiger partial charge in [0.2, 0.25) is 0 Å². The minimum absolute atomic E-state index is 0.0416. The average Bonchev–Trinajstić information content (AvgIpc) is 2.13. The maximum Gasteiger partial charge on any atom is 0.409 e.